The molecule has 1 aromatic rings. The van der Waals surface area contributed by atoms with Crippen molar-refractivity contribution in [1.82, 2.24) is 25.5 Å². The number of allylic oxidation sites excluding steroid dienone is 1. The van der Waals surface area contributed by atoms with Crippen LogP contribution in [0.5, 0.6) is 0 Å². The van der Waals surface area contributed by atoms with E-state index >= 15 is 0 Å². The maximum absolute atomic E-state index is 11.5. The molecule has 1 fully saturated rings. The number of aliphatic carboxylic acids is 1. The summed E-state index contributed by atoms with van der Waals surface area (Å²) in [5, 5.41) is 27.7. The number of likely N-dealkylation sites (tertiary alicyclic amines) is 1. The van der Waals surface area contributed by atoms with Crippen LogP contribution in [0.2, 0.25) is 0 Å². The van der Waals surface area contributed by atoms with Crippen molar-refractivity contribution >= 4 is 11.8 Å². The molecule has 0 atom stereocenters. The first kappa shape index (κ1) is 17.7. The summed E-state index contributed by atoms with van der Waals surface area (Å²) in [6, 6.07) is 2.16. The Morgan fingerprint density at radius 3 is 2.77 bits per heavy atom. The molecule has 0 aromatic carbocycles. The van der Waals surface area contributed by atoms with Crippen LogP contribution < -0.4 is 16.0 Å². The summed E-state index contributed by atoms with van der Waals surface area (Å²) in [7, 11) is 2.09. The standard InChI is InChI=1S/C17H21N7O2/c1-24-4-2-11(3-5-24)22-14-6-15(21-9-13(14)17(25)26)23-16-10-19-12(7-18)8-20-16/h6,8,10-11,21-22H,2-5,9H2,1H3,(H,20,23)(H,25,26). The van der Waals surface area contributed by atoms with Gasteiger partial charge in [-0.1, -0.05) is 0 Å². The third-order valence-electron chi connectivity index (χ3n) is 4.43. The van der Waals surface area contributed by atoms with E-state index in [1.807, 2.05) is 6.07 Å². The van der Waals surface area contributed by atoms with Crippen molar-refractivity contribution in [2.75, 3.05) is 32.0 Å². The summed E-state index contributed by atoms with van der Waals surface area (Å²) in [5.41, 5.74) is 1.15. The van der Waals surface area contributed by atoms with E-state index in [9.17, 15) is 9.90 Å². The Morgan fingerprint density at radius 2 is 2.15 bits per heavy atom. The number of anilines is 1. The second-order valence-electron chi connectivity index (χ2n) is 6.35. The van der Waals surface area contributed by atoms with Gasteiger partial charge in [-0.3, -0.25) is 0 Å². The Morgan fingerprint density at radius 1 is 1.38 bits per heavy atom. The molecule has 1 aromatic heterocycles. The number of nitrogens with zero attached hydrogens (tertiary/aromatic N) is 4. The Kier molecular flexibility index (Phi) is 5.34. The minimum atomic E-state index is -0.943. The van der Waals surface area contributed by atoms with E-state index in [1.54, 1.807) is 6.08 Å². The van der Waals surface area contributed by atoms with Gasteiger partial charge >= 0.3 is 5.97 Å². The minimum Gasteiger partial charge on any atom is -0.478 e. The highest BCUT2D eigenvalue weighted by Gasteiger charge is 2.23. The zero-order valence-electron chi connectivity index (χ0n) is 14.5. The first-order valence-electron chi connectivity index (χ1n) is 8.41. The van der Waals surface area contributed by atoms with Gasteiger partial charge in [-0.25, -0.2) is 14.8 Å². The number of hydrogen-bond acceptors (Lipinski definition) is 8. The fourth-order valence-electron chi connectivity index (χ4n) is 2.92. The smallest absolute Gasteiger partial charge is 0.335 e. The van der Waals surface area contributed by atoms with Crippen LogP contribution in [0, 0.1) is 11.3 Å². The number of nitrogens with one attached hydrogen (secondary N) is 3. The van der Waals surface area contributed by atoms with Crippen LogP contribution in [0.1, 0.15) is 18.5 Å². The van der Waals surface area contributed by atoms with Gasteiger partial charge in [0.15, 0.2) is 5.69 Å². The van der Waals surface area contributed by atoms with Gasteiger partial charge in [0.05, 0.1) is 30.2 Å². The molecule has 3 rings (SSSR count). The van der Waals surface area contributed by atoms with Gasteiger partial charge in [0.25, 0.3) is 0 Å². The molecular formula is C17H21N7O2. The molecule has 0 aliphatic carbocycles. The molecule has 9 heteroatoms. The van der Waals surface area contributed by atoms with Crippen LogP contribution >= 0.6 is 0 Å². The number of carbonyl (C=O) groups is 1. The van der Waals surface area contributed by atoms with Crippen LogP contribution in [0.15, 0.2) is 35.6 Å². The summed E-state index contributed by atoms with van der Waals surface area (Å²) in [6.07, 6.45) is 6.52. The summed E-state index contributed by atoms with van der Waals surface area (Å²) < 4.78 is 0. The maximum atomic E-state index is 11.5. The molecule has 2 aliphatic rings. The lowest BCUT2D eigenvalue weighted by Crippen LogP contribution is -2.42. The minimum absolute atomic E-state index is 0.201. The van der Waals surface area contributed by atoms with E-state index in [0.29, 0.717) is 22.9 Å². The summed E-state index contributed by atoms with van der Waals surface area (Å²) in [5.74, 6) is 0.158. The molecular weight excluding hydrogens is 334 g/mol. The number of piperidine rings is 1. The first-order chi connectivity index (χ1) is 12.5. The molecule has 0 bridgehead atoms. The van der Waals surface area contributed by atoms with Gasteiger partial charge in [0, 0.05) is 12.1 Å². The van der Waals surface area contributed by atoms with E-state index < -0.39 is 5.97 Å². The lowest BCUT2D eigenvalue weighted by atomic mass is 10.0. The molecule has 136 valence electrons. The fourth-order valence-corrected chi connectivity index (χ4v) is 2.92. The number of carboxylic acid groups (broad SMARTS) is 1. The van der Waals surface area contributed by atoms with Crippen LogP contribution in [0.4, 0.5) is 5.82 Å². The SMILES string of the molecule is CN1CCC(NC2=C(C(=O)O)CNC(Nc3cnc(C#N)cn3)=C2)CC1. The Hall–Kier alpha value is -3.12. The van der Waals surface area contributed by atoms with Gasteiger partial charge < -0.3 is 26.0 Å². The van der Waals surface area contributed by atoms with E-state index in [2.05, 4.69) is 37.9 Å². The topological polar surface area (TPSA) is 126 Å². The number of nitriles is 1. The summed E-state index contributed by atoms with van der Waals surface area (Å²) >= 11 is 0. The van der Waals surface area contributed by atoms with Crippen molar-refractivity contribution in [1.29, 1.82) is 5.26 Å². The van der Waals surface area contributed by atoms with Crippen molar-refractivity contribution in [3.8, 4) is 6.07 Å². The molecule has 0 unspecified atom stereocenters. The van der Waals surface area contributed by atoms with Gasteiger partial charge in [0.2, 0.25) is 0 Å². The molecule has 0 spiro atoms. The van der Waals surface area contributed by atoms with Gasteiger partial charge in [-0.05, 0) is 33.0 Å². The predicted octanol–water partition coefficient (Wildman–Crippen LogP) is 0.227. The third kappa shape index (κ3) is 4.29. The Bertz CT molecular complexity index is 771. The molecule has 26 heavy (non-hydrogen) atoms. The molecule has 9 nitrogen and oxygen atoms in total. The largest absolute Gasteiger partial charge is 0.478 e. The fraction of sp³-hybridized carbons (Fsp3) is 0.412. The highest BCUT2D eigenvalue weighted by Crippen LogP contribution is 2.17. The quantitative estimate of drug-likeness (QED) is 0.587. The van der Waals surface area contributed by atoms with Crippen molar-refractivity contribution in [2.45, 2.75) is 18.9 Å². The van der Waals surface area contributed by atoms with E-state index in [0.717, 1.165) is 25.9 Å². The monoisotopic (exact) mass is 355 g/mol. The van der Waals surface area contributed by atoms with Crippen molar-refractivity contribution in [2.24, 2.45) is 0 Å². The predicted molar refractivity (Wildman–Crippen MR) is 94.8 cm³/mol. The van der Waals surface area contributed by atoms with Crippen LogP contribution in [0.3, 0.4) is 0 Å². The van der Waals surface area contributed by atoms with Crippen molar-refractivity contribution in [3.63, 3.8) is 0 Å². The number of rotatable bonds is 5. The summed E-state index contributed by atoms with van der Waals surface area (Å²) in [6.45, 7) is 2.18. The van der Waals surface area contributed by atoms with Crippen molar-refractivity contribution in [3.05, 3.63) is 41.3 Å². The van der Waals surface area contributed by atoms with Crippen molar-refractivity contribution < 1.29 is 9.90 Å². The molecule has 3 heterocycles. The Balaban J connectivity index is 1.74. The van der Waals surface area contributed by atoms with Gasteiger partial charge in [0.1, 0.15) is 17.7 Å². The molecule has 2 aliphatic heterocycles. The van der Waals surface area contributed by atoms with E-state index in [1.165, 1.54) is 12.4 Å². The highest BCUT2D eigenvalue weighted by atomic mass is 16.4. The third-order valence-corrected chi connectivity index (χ3v) is 4.43. The highest BCUT2D eigenvalue weighted by molar-refractivity contribution is 5.89. The lowest BCUT2D eigenvalue weighted by Gasteiger charge is -2.32. The normalized spacial score (nSPS) is 18.5. The first-order valence-corrected chi connectivity index (χ1v) is 8.41. The average molecular weight is 355 g/mol. The molecule has 4 N–H and O–H groups in total. The average Bonchev–Trinajstić information content (AvgIpc) is 2.64. The molecule has 0 saturated carbocycles. The second kappa shape index (κ2) is 7.84. The van der Waals surface area contributed by atoms with Crippen LogP contribution in [0.25, 0.3) is 0 Å². The number of hydrogen-bond donors (Lipinski definition) is 4. The maximum Gasteiger partial charge on any atom is 0.335 e. The zero-order valence-corrected chi connectivity index (χ0v) is 14.5. The van der Waals surface area contributed by atoms with Crippen LogP contribution in [-0.2, 0) is 4.79 Å². The van der Waals surface area contributed by atoms with E-state index in [-0.39, 0.29) is 18.3 Å². The number of carboxylic acids is 1. The van der Waals surface area contributed by atoms with Crippen LogP contribution in [-0.4, -0.2) is 58.7 Å². The number of aromatic nitrogens is 2. The van der Waals surface area contributed by atoms with Gasteiger partial charge in [-0.15, -0.1) is 0 Å². The molecule has 1 saturated heterocycles. The van der Waals surface area contributed by atoms with E-state index in [4.69, 9.17) is 5.26 Å². The summed E-state index contributed by atoms with van der Waals surface area (Å²) in [4.78, 5) is 21.9. The second-order valence-corrected chi connectivity index (χ2v) is 6.35. The molecule has 0 amide bonds. The lowest BCUT2D eigenvalue weighted by molar-refractivity contribution is -0.132. The number of dihydropyridines is 1. The Labute approximate surface area is 151 Å². The van der Waals surface area contributed by atoms with Gasteiger partial charge in [-0.2, -0.15) is 5.26 Å². The molecule has 0 radical (unpaired) electrons. The zero-order chi connectivity index (χ0) is 18.5.